The van der Waals surface area contributed by atoms with E-state index in [2.05, 4.69) is 0 Å². The van der Waals surface area contributed by atoms with E-state index >= 15 is 0 Å². The molecule has 0 radical (unpaired) electrons. The van der Waals surface area contributed by atoms with Crippen molar-refractivity contribution in [2.75, 3.05) is 6.61 Å². The van der Waals surface area contributed by atoms with E-state index in [4.69, 9.17) is 16.3 Å². The van der Waals surface area contributed by atoms with Crippen molar-refractivity contribution in [3.8, 4) is 5.75 Å². The Kier molecular flexibility index (Phi) is 2.89. The fourth-order valence-electron chi connectivity index (χ4n) is 2.29. The van der Waals surface area contributed by atoms with E-state index in [1.807, 2.05) is 13.0 Å². The van der Waals surface area contributed by atoms with Crippen molar-refractivity contribution in [1.82, 2.24) is 0 Å². The highest BCUT2D eigenvalue weighted by molar-refractivity contribution is 6.32. The summed E-state index contributed by atoms with van der Waals surface area (Å²) in [7, 11) is 0. The molecule has 1 aliphatic heterocycles. The second-order valence-electron chi connectivity index (χ2n) is 4.85. The molecule has 0 aromatic heterocycles. The fraction of sp³-hybridized carbons (Fsp3) is 0.538. The van der Waals surface area contributed by atoms with Gasteiger partial charge in [0.05, 0.1) is 17.2 Å². The zero-order valence-electron chi connectivity index (χ0n) is 9.93. The van der Waals surface area contributed by atoms with Crippen molar-refractivity contribution in [1.29, 1.82) is 0 Å². The molecule has 1 aromatic rings. The molecule has 0 aliphatic carbocycles. The molecule has 1 aliphatic rings. The average Bonchev–Trinajstić information content (AvgIpc) is 2.22. The summed E-state index contributed by atoms with van der Waals surface area (Å²) >= 11 is 6.19. The fourth-order valence-corrected chi connectivity index (χ4v) is 2.57. The standard InChI is InChI=1S/C13H17ClO2/c1-8-9-5-4-6-16-12(9)11(14)7-10(8)13(2,3)15/h7,15H,4-6H2,1-3H3. The molecule has 0 unspecified atom stereocenters. The molecule has 0 saturated heterocycles. The first-order valence-corrected chi connectivity index (χ1v) is 5.96. The van der Waals surface area contributed by atoms with Gasteiger partial charge in [0.15, 0.2) is 0 Å². The van der Waals surface area contributed by atoms with E-state index in [0.717, 1.165) is 41.9 Å². The van der Waals surface area contributed by atoms with Gasteiger partial charge in [0.2, 0.25) is 0 Å². The van der Waals surface area contributed by atoms with Crippen molar-refractivity contribution < 1.29 is 9.84 Å². The van der Waals surface area contributed by atoms with Crippen molar-refractivity contribution >= 4 is 11.6 Å². The molecular formula is C13H17ClO2. The minimum Gasteiger partial charge on any atom is -0.492 e. The number of hydrogen-bond donors (Lipinski definition) is 1. The zero-order valence-corrected chi connectivity index (χ0v) is 10.7. The van der Waals surface area contributed by atoms with Gasteiger partial charge in [0, 0.05) is 0 Å². The van der Waals surface area contributed by atoms with Crippen LogP contribution in [0.5, 0.6) is 5.75 Å². The van der Waals surface area contributed by atoms with E-state index in [1.54, 1.807) is 13.8 Å². The molecule has 0 saturated carbocycles. The summed E-state index contributed by atoms with van der Waals surface area (Å²) in [6.07, 6.45) is 1.99. The first-order chi connectivity index (χ1) is 7.41. The molecule has 0 spiro atoms. The lowest BCUT2D eigenvalue weighted by atomic mass is 9.88. The van der Waals surface area contributed by atoms with Crippen LogP contribution in [0.25, 0.3) is 0 Å². The van der Waals surface area contributed by atoms with Crippen LogP contribution in [-0.4, -0.2) is 11.7 Å². The summed E-state index contributed by atoms with van der Waals surface area (Å²) in [6, 6.07) is 1.82. The first-order valence-electron chi connectivity index (χ1n) is 5.59. The highest BCUT2D eigenvalue weighted by Crippen LogP contribution is 2.39. The van der Waals surface area contributed by atoms with Gasteiger partial charge in [-0.05, 0) is 56.4 Å². The minimum absolute atomic E-state index is 0.609. The third kappa shape index (κ3) is 1.92. The van der Waals surface area contributed by atoms with Crippen LogP contribution in [0.15, 0.2) is 6.07 Å². The largest absolute Gasteiger partial charge is 0.492 e. The van der Waals surface area contributed by atoms with Gasteiger partial charge in [0.1, 0.15) is 5.75 Å². The van der Waals surface area contributed by atoms with Crippen LogP contribution in [0.3, 0.4) is 0 Å². The highest BCUT2D eigenvalue weighted by atomic mass is 35.5. The number of ether oxygens (including phenoxy) is 1. The monoisotopic (exact) mass is 240 g/mol. The molecule has 0 bridgehead atoms. The summed E-state index contributed by atoms with van der Waals surface area (Å²) < 4.78 is 5.59. The number of halogens is 1. The van der Waals surface area contributed by atoms with Crippen LogP contribution >= 0.6 is 11.6 Å². The smallest absolute Gasteiger partial charge is 0.141 e. The molecule has 1 heterocycles. The third-order valence-electron chi connectivity index (χ3n) is 3.10. The number of benzene rings is 1. The van der Waals surface area contributed by atoms with Gasteiger partial charge in [-0.1, -0.05) is 11.6 Å². The van der Waals surface area contributed by atoms with E-state index in [1.165, 1.54) is 0 Å². The Morgan fingerprint density at radius 2 is 2.12 bits per heavy atom. The molecule has 0 atom stereocenters. The van der Waals surface area contributed by atoms with Crippen LogP contribution in [-0.2, 0) is 12.0 Å². The number of hydrogen-bond acceptors (Lipinski definition) is 2. The average molecular weight is 241 g/mol. The Morgan fingerprint density at radius 3 is 2.75 bits per heavy atom. The summed E-state index contributed by atoms with van der Waals surface area (Å²) in [5.74, 6) is 0.804. The molecule has 88 valence electrons. The summed E-state index contributed by atoms with van der Waals surface area (Å²) in [5.41, 5.74) is 2.28. The van der Waals surface area contributed by atoms with Gasteiger partial charge < -0.3 is 9.84 Å². The Labute approximate surface area is 101 Å². The summed E-state index contributed by atoms with van der Waals surface area (Å²) in [6.45, 7) is 6.31. The van der Waals surface area contributed by atoms with Crippen molar-refractivity contribution in [2.24, 2.45) is 0 Å². The number of fused-ring (bicyclic) bond motifs is 1. The Balaban J connectivity index is 2.63. The molecule has 0 amide bonds. The Morgan fingerprint density at radius 1 is 1.44 bits per heavy atom. The van der Waals surface area contributed by atoms with Gasteiger partial charge >= 0.3 is 0 Å². The molecule has 1 aromatic carbocycles. The summed E-state index contributed by atoms with van der Waals surface area (Å²) in [4.78, 5) is 0. The maximum Gasteiger partial charge on any atom is 0.141 e. The van der Waals surface area contributed by atoms with Gasteiger partial charge in [-0.15, -0.1) is 0 Å². The number of aliphatic hydroxyl groups is 1. The second kappa shape index (κ2) is 3.94. The van der Waals surface area contributed by atoms with E-state index in [0.29, 0.717) is 5.02 Å². The van der Waals surface area contributed by atoms with Crippen LogP contribution in [0, 0.1) is 6.92 Å². The third-order valence-corrected chi connectivity index (χ3v) is 3.38. The SMILES string of the molecule is Cc1c(C(C)(C)O)cc(Cl)c2c1CCCO2. The van der Waals surface area contributed by atoms with E-state index < -0.39 is 5.60 Å². The number of rotatable bonds is 1. The highest BCUT2D eigenvalue weighted by Gasteiger charge is 2.25. The van der Waals surface area contributed by atoms with Gasteiger partial charge in [-0.3, -0.25) is 0 Å². The lowest BCUT2D eigenvalue weighted by Crippen LogP contribution is -2.20. The second-order valence-corrected chi connectivity index (χ2v) is 5.26. The van der Waals surface area contributed by atoms with Crippen LogP contribution in [0.1, 0.15) is 37.0 Å². The molecule has 0 fully saturated rings. The van der Waals surface area contributed by atoms with E-state index in [9.17, 15) is 5.11 Å². The normalized spacial score (nSPS) is 15.6. The van der Waals surface area contributed by atoms with Gasteiger partial charge in [-0.25, -0.2) is 0 Å². The maximum absolute atomic E-state index is 10.1. The molecule has 3 heteroatoms. The maximum atomic E-state index is 10.1. The minimum atomic E-state index is -0.861. The summed E-state index contributed by atoms with van der Waals surface area (Å²) in [5, 5.41) is 10.7. The van der Waals surface area contributed by atoms with Crippen molar-refractivity contribution in [2.45, 2.75) is 39.2 Å². The quantitative estimate of drug-likeness (QED) is 0.817. The molecule has 16 heavy (non-hydrogen) atoms. The van der Waals surface area contributed by atoms with Crippen molar-refractivity contribution in [3.63, 3.8) is 0 Å². The lowest BCUT2D eigenvalue weighted by molar-refractivity contribution is 0.0776. The predicted molar refractivity (Wildman–Crippen MR) is 65.2 cm³/mol. The molecule has 2 nitrogen and oxygen atoms in total. The molecule has 2 rings (SSSR count). The van der Waals surface area contributed by atoms with Crippen molar-refractivity contribution in [3.05, 3.63) is 27.8 Å². The lowest BCUT2D eigenvalue weighted by Gasteiger charge is -2.27. The Hall–Kier alpha value is -0.730. The van der Waals surface area contributed by atoms with Crippen LogP contribution in [0.2, 0.25) is 5.02 Å². The molecule has 1 N–H and O–H groups in total. The molecular weight excluding hydrogens is 224 g/mol. The topological polar surface area (TPSA) is 29.5 Å². The van der Waals surface area contributed by atoms with Crippen LogP contribution in [0.4, 0.5) is 0 Å². The predicted octanol–water partition coefficient (Wildman–Crippen LogP) is 3.20. The zero-order chi connectivity index (χ0) is 11.9. The van der Waals surface area contributed by atoms with E-state index in [-0.39, 0.29) is 0 Å². The van der Waals surface area contributed by atoms with Gasteiger partial charge in [0.25, 0.3) is 0 Å². The Bertz CT molecular complexity index is 419. The van der Waals surface area contributed by atoms with Gasteiger partial charge in [-0.2, -0.15) is 0 Å². The van der Waals surface area contributed by atoms with Crippen LogP contribution < -0.4 is 4.74 Å². The first kappa shape index (κ1) is 11.7.